The fourth-order valence-corrected chi connectivity index (χ4v) is 6.17. The second kappa shape index (κ2) is 6.10. The van der Waals surface area contributed by atoms with Crippen LogP contribution in [-0.4, -0.2) is 28.8 Å². The number of ether oxygens (including phenoxy) is 1. The van der Waals surface area contributed by atoms with Crippen molar-refractivity contribution < 1.29 is 4.74 Å². The van der Waals surface area contributed by atoms with E-state index in [4.69, 9.17) is 4.74 Å². The molecule has 0 unspecified atom stereocenters. The zero-order chi connectivity index (χ0) is 17.1. The molecule has 26 heavy (non-hydrogen) atoms. The molecule has 2 aliphatic heterocycles. The minimum absolute atomic E-state index is 0.385. The molecule has 2 fully saturated rings. The first-order valence-corrected chi connectivity index (χ1v) is 10.9. The number of hydrogen-bond donors (Lipinski definition) is 0. The molecule has 3 heterocycles. The lowest BCUT2D eigenvalue weighted by atomic mass is 9.83. The van der Waals surface area contributed by atoms with E-state index in [2.05, 4.69) is 27.7 Å². The Bertz CT molecular complexity index is 828. The highest BCUT2D eigenvalue weighted by atomic mass is 16.5. The van der Waals surface area contributed by atoms with Gasteiger partial charge in [-0.15, -0.1) is 0 Å². The second-order valence-corrected chi connectivity index (χ2v) is 8.89. The number of aryl methyl sites for hydroxylation is 1. The highest BCUT2D eigenvalue weighted by Crippen LogP contribution is 2.45. The number of aromatic nitrogens is 1. The van der Waals surface area contributed by atoms with Gasteiger partial charge in [-0.05, 0) is 61.3 Å². The second-order valence-electron chi connectivity index (χ2n) is 8.89. The third-order valence-corrected chi connectivity index (χ3v) is 7.56. The number of benzene rings is 1. The Kier molecular flexibility index (Phi) is 3.69. The van der Waals surface area contributed by atoms with Gasteiger partial charge in [0.1, 0.15) is 6.23 Å². The Morgan fingerprint density at radius 2 is 1.81 bits per heavy atom. The van der Waals surface area contributed by atoms with E-state index in [0.29, 0.717) is 12.3 Å². The van der Waals surface area contributed by atoms with Crippen molar-refractivity contribution >= 4 is 10.9 Å². The molecule has 3 heteroatoms. The normalized spacial score (nSPS) is 29.5. The van der Waals surface area contributed by atoms with Crippen LogP contribution in [-0.2, 0) is 17.7 Å². The van der Waals surface area contributed by atoms with Gasteiger partial charge in [0.05, 0.1) is 12.6 Å². The number of rotatable bonds is 2. The highest BCUT2D eigenvalue weighted by Gasteiger charge is 2.40. The van der Waals surface area contributed by atoms with Crippen LogP contribution in [0.1, 0.15) is 80.1 Å². The number of nitrogens with zero attached hydrogens (tertiary/aromatic N) is 2. The molecule has 2 aromatic rings. The summed E-state index contributed by atoms with van der Waals surface area (Å²) < 4.78 is 8.53. The largest absolute Gasteiger partial charge is 0.363 e. The summed E-state index contributed by atoms with van der Waals surface area (Å²) in [6.45, 7) is 3.23. The van der Waals surface area contributed by atoms with Crippen molar-refractivity contribution in [3.8, 4) is 0 Å². The molecule has 1 saturated carbocycles. The summed E-state index contributed by atoms with van der Waals surface area (Å²) in [6.07, 6.45) is 12.6. The molecule has 1 aromatic heterocycles. The average molecular weight is 351 g/mol. The lowest BCUT2D eigenvalue weighted by Gasteiger charge is -2.46. The highest BCUT2D eigenvalue weighted by molar-refractivity contribution is 5.87. The average Bonchev–Trinajstić information content (AvgIpc) is 2.98. The molecule has 0 amide bonds. The first-order valence-electron chi connectivity index (χ1n) is 10.9. The van der Waals surface area contributed by atoms with Gasteiger partial charge >= 0.3 is 0 Å². The molecule has 1 saturated heterocycles. The summed E-state index contributed by atoms with van der Waals surface area (Å²) in [5, 5.41) is 1.57. The predicted octanol–water partition coefficient (Wildman–Crippen LogP) is 5.13. The van der Waals surface area contributed by atoms with E-state index < -0.39 is 0 Å². The Labute approximate surface area is 156 Å². The first kappa shape index (κ1) is 15.7. The summed E-state index contributed by atoms with van der Waals surface area (Å²) >= 11 is 0. The van der Waals surface area contributed by atoms with Crippen LogP contribution in [0.3, 0.4) is 0 Å². The van der Waals surface area contributed by atoms with E-state index in [9.17, 15) is 0 Å². The van der Waals surface area contributed by atoms with E-state index in [-0.39, 0.29) is 0 Å². The van der Waals surface area contributed by atoms with Crippen LogP contribution in [0.5, 0.6) is 0 Å². The van der Waals surface area contributed by atoms with Crippen molar-refractivity contribution in [2.75, 3.05) is 13.2 Å². The molecule has 4 aliphatic rings. The minimum atomic E-state index is 0.385. The maximum Gasteiger partial charge on any atom is 0.113 e. The third kappa shape index (κ3) is 2.26. The zero-order valence-corrected chi connectivity index (χ0v) is 15.8. The number of fused-ring (bicyclic) bond motifs is 3. The van der Waals surface area contributed by atoms with Crippen molar-refractivity contribution in [3.63, 3.8) is 0 Å². The quantitative estimate of drug-likeness (QED) is 0.747. The molecule has 138 valence electrons. The van der Waals surface area contributed by atoms with Crippen LogP contribution in [0.25, 0.3) is 10.9 Å². The zero-order valence-electron chi connectivity index (χ0n) is 15.8. The maximum atomic E-state index is 5.87. The van der Waals surface area contributed by atoms with Crippen LogP contribution in [0.2, 0.25) is 0 Å². The van der Waals surface area contributed by atoms with Gasteiger partial charge in [-0.1, -0.05) is 25.3 Å². The predicted molar refractivity (Wildman–Crippen MR) is 105 cm³/mol. The van der Waals surface area contributed by atoms with Crippen LogP contribution in [0.4, 0.5) is 0 Å². The molecular formula is C23H30N2O. The van der Waals surface area contributed by atoms with E-state index in [1.54, 1.807) is 22.2 Å². The van der Waals surface area contributed by atoms with E-state index in [1.807, 2.05) is 0 Å². The topological polar surface area (TPSA) is 17.4 Å². The van der Waals surface area contributed by atoms with E-state index in [1.165, 1.54) is 63.3 Å². The fraction of sp³-hybridized carbons (Fsp3) is 0.652. The van der Waals surface area contributed by atoms with Crippen LogP contribution >= 0.6 is 0 Å². The van der Waals surface area contributed by atoms with Gasteiger partial charge in [0, 0.05) is 36.1 Å². The minimum Gasteiger partial charge on any atom is -0.363 e. The van der Waals surface area contributed by atoms with Crippen LogP contribution in [0.15, 0.2) is 18.2 Å². The Morgan fingerprint density at radius 3 is 2.62 bits per heavy atom. The van der Waals surface area contributed by atoms with E-state index in [0.717, 1.165) is 25.6 Å². The Morgan fingerprint density at radius 1 is 0.923 bits per heavy atom. The van der Waals surface area contributed by atoms with Crippen molar-refractivity contribution in [1.82, 2.24) is 9.47 Å². The van der Waals surface area contributed by atoms with Gasteiger partial charge in [-0.3, -0.25) is 4.90 Å². The van der Waals surface area contributed by atoms with Gasteiger partial charge < -0.3 is 9.30 Å². The van der Waals surface area contributed by atoms with Crippen LogP contribution < -0.4 is 0 Å². The Balaban J connectivity index is 1.45. The molecule has 0 N–H and O–H groups in total. The molecule has 1 aromatic carbocycles. The third-order valence-electron chi connectivity index (χ3n) is 7.56. The summed E-state index contributed by atoms with van der Waals surface area (Å²) in [6, 6.07) is 8.06. The number of hydrogen-bond acceptors (Lipinski definition) is 2. The van der Waals surface area contributed by atoms with Crippen molar-refractivity contribution in [2.45, 2.75) is 82.5 Å². The molecular weight excluding hydrogens is 320 g/mol. The lowest BCUT2D eigenvalue weighted by Crippen LogP contribution is -2.51. The summed E-state index contributed by atoms with van der Waals surface area (Å²) in [7, 11) is 0. The molecule has 2 aliphatic carbocycles. The SMILES string of the molecule is c1cc2c(cc1C1CCCCC1)c1c3n2CCN([C@@H]2CCO2)[C@H]3CCC1. The summed E-state index contributed by atoms with van der Waals surface area (Å²) in [5.74, 6) is 0.802. The maximum absolute atomic E-state index is 5.87. The lowest BCUT2D eigenvalue weighted by molar-refractivity contribution is -0.166. The Hall–Kier alpha value is -1.32. The standard InChI is InChI=1S/C23H30N2O/c1-2-5-16(6-3-1)17-9-10-20-19(15-17)18-7-4-8-21-23(18)25(20)13-12-24(21)22-11-14-26-22/h9-10,15-16,21-22H,1-8,11-14H2/t21-,22-/m0/s1. The molecule has 0 bridgehead atoms. The van der Waals surface area contributed by atoms with Gasteiger partial charge in [-0.25, -0.2) is 0 Å². The molecule has 3 nitrogen and oxygen atoms in total. The van der Waals surface area contributed by atoms with E-state index >= 15 is 0 Å². The molecule has 0 radical (unpaired) electrons. The summed E-state index contributed by atoms with van der Waals surface area (Å²) in [5.41, 5.74) is 6.40. The molecule has 6 rings (SSSR count). The first-order chi connectivity index (χ1) is 12.9. The molecule has 2 atom stereocenters. The smallest absolute Gasteiger partial charge is 0.113 e. The van der Waals surface area contributed by atoms with Gasteiger partial charge in [0.2, 0.25) is 0 Å². The molecule has 0 spiro atoms. The van der Waals surface area contributed by atoms with Crippen molar-refractivity contribution in [2.24, 2.45) is 0 Å². The van der Waals surface area contributed by atoms with Crippen molar-refractivity contribution in [3.05, 3.63) is 35.0 Å². The van der Waals surface area contributed by atoms with Gasteiger partial charge in [-0.2, -0.15) is 0 Å². The van der Waals surface area contributed by atoms with Gasteiger partial charge in [0.25, 0.3) is 0 Å². The fourth-order valence-electron chi connectivity index (χ4n) is 6.17. The summed E-state index contributed by atoms with van der Waals surface area (Å²) in [4.78, 5) is 2.67. The van der Waals surface area contributed by atoms with Crippen LogP contribution in [0, 0.1) is 0 Å². The monoisotopic (exact) mass is 350 g/mol. The van der Waals surface area contributed by atoms with Gasteiger partial charge in [0.15, 0.2) is 0 Å². The van der Waals surface area contributed by atoms with Crippen molar-refractivity contribution in [1.29, 1.82) is 0 Å².